The lowest BCUT2D eigenvalue weighted by molar-refractivity contribution is -0.148. The minimum atomic E-state index is -0.729. The van der Waals surface area contributed by atoms with Gasteiger partial charge in [0.05, 0.1) is 4.34 Å². The zero-order valence-corrected chi connectivity index (χ0v) is 10.6. The lowest BCUT2D eigenvalue weighted by atomic mass is 9.99. The van der Waals surface area contributed by atoms with Crippen molar-refractivity contribution in [1.29, 1.82) is 0 Å². The minimum absolute atomic E-state index is 0.681. The molecule has 2 rings (SSSR count). The number of likely N-dealkylation sites (tertiary alicyclic amines) is 1. The molecule has 0 saturated carbocycles. The highest BCUT2D eigenvalue weighted by Gasteiger charge is 2.43. The lowest BCUT2D eigenvalue weighted by Gasteiger charge is -2.30. The molecule has 88 valence electrons. The molecule has 1 aromatic rings. The van der Waals surface area contributed by atoms with Crippen molar-refractivity contribution in [1.82, 2.24) is 4.90 Å². The summed E-state index contributed by atoms with van der Waals surface area (Å²) in [7, 11) is 0. The Bertz CT molecular complexity index is 406. The van der Waals surface area contributed by atoms with Crippen LogP contribution in [0, 0.1) is 0 Å². The molecular weight excluding hydrogens is 246 g/mol. The summed E-state index contributed by atoms with van der Waals surface area (Å²) in [5, 5.41) is 9.26. The summed E-state index contributed by atoms with van der Waals surface area (Å²) in [6.07, 6.45) is 1.67. The number of halogens is 1. The smallest absolute Gasteiger partial charge is 0.323 e. The molecule has 0 aliphatic carbocycles. The second-order valence-corrected chi connectivity index (χ2v) is 6.11. The van der Waals surface area contributed by atoms with Crippen LogP contribution in [-0.2, 0) is 11.3 Å². The van der Waals surface area contributed by atoms with Gasteiger partial charge in [0.25, 0.3) is 0 Å². The third-order valence-electron chi connectivity index (χ3n) is 3.23. The van der Waals surface area contributed by atoms with Crippen LogP contribution in [0.5, 0.6) is 0 Å². The molecular formula is C11H14ClNO2S. The van der Waals surface area contributed by atoms with Crippen molar-refractivity contribution in [3.05, 3.63) is 21.3 Å². The normalized spacial score (nSPS) is 26.1. The standard InChI is InChI=1S/C11H14ClNO2S/c1-11(10(14)15)5-2-6-13(11)7-8-3-4-9(12)16-8/h3-4H,2,5-7H2,1H3,(H,14,15). The Morgan fingerprint density at radius 1 is 1.69 bits per heavy atom. The van der Waals surface area contributed by atoms with Gasteiger partial charge in [-0.15, -0.1) is 11.3 Å². The van der Waals surface area contributed by atoms with Crippen LogP contribution in [0.15, 0.2) is 12.1 Å². The van der Waals surface area contributed by atoms with Gasteiger partial charge in [-0.1, -0.05) is 11.6 Å². The summed E-state index contributed by atoms with van der Waals surface area (Å²) in [4.78, 5) is 14.4. The molecule has 1 saturated heterocycles. The molecule has 1 aliphatic heterocycles. The van der Waals surface area contributed by atoms with Gasteiger partial charge < -0.3 is 5.11 Å². The van der Waals surface area contributed by atoms with E-state index in [1.807, 2.05) is 17.0 Å². The third kappa shape index (κ3) is 2.10. The van der Waals surface area contributed by atoms with Gasteiger partial charge in [0.15, 0.2) is 0 Å². The van der Waals surface area contributed by atoms with Crippen molar-refractivity contribution in [3.63, 3.8) is 0 Å². The molecule has 1 atom stereocenters. The maximum Gasteiger partial charge on any atom is 0.323 e. The highest BCUT2D eigenvalue weighted by atomic mass is 35.5. The van der Waals surface area contributed by atoms with Crippen LogP contribution in [-0.4, -0.2) is 28.1 Å². The average molecular weight is 260 g/mol. The van der Waals surface area contributed by atoms with Gasteiger partial charge >= 0.3 is 5.97 Å². The summed E-state index contributed by atoms with van der Waals surface area (Å²) in [6, 6.07) is 3.82. The zero-order valence-electron chi connectivity index (χ0n) is 9.07. The second kappa shape index (κ2) is 4.35. The van der Waals surface area contributed by atoms with Crippen LogP contribution in [0.2, 0.25) is 4.34 Å². The highest BCUT2D eigenvalue weighted by Crippen LogP contribution is 2.32. The van der Waals surface area contributed by atoms with E-state index >= 15 is 0 Å². The van der Waals surface area contributed by atoms with Gasteiger partial charge in [0.2, 0.25) is 0 Å². The first-order valence-corrected chi connectivity index (χ1v) is 6.44. The third-order valence-corrected chi connectivity index (χ3v) is 4.44. The van der Waals surface area contributed by atoms with Crippen LogP contribution in [0.3, 0.4) is 0 Å². The largest absolute Gasteiger partial charge is 0.480 e. The van der Waals surface area contributed by atoms with Gasteiger partial charge in [-0.2, -0.15) is 0 Å². The molecule has 0 radical (unpaired) electrons. The number of carboxylic acids is 1. The Morgan fingerprint density at radius 3 is 3.00 bits per heavy atom. The molecule has 1 aliphatic rings. The summed E-state index contributed by atoms with van der Waals surface area (Å²) in [5.41, 5.74) is -0.712. The fourth-order valence-corrected chi connectivity index (χ4v) is 3.24. The molecule has 3 nitrogen and oxygen atoms in total. The topological polar surface area (TPSA) is 40.5 Å². The van der Waals surface area contributed by atoms with Gasteiger partial charge in [-0.3, -0.25) is 9.69 Å². The predicted octanol–water partition coefficient (Wildman–Crippen LogP) is 2.84. The lowest BCUT2D eigenvalue weighted by Crippen LogP contribution is -2.47. The van der Waals surface area contributed by atoms with Crippen LogP contribution >= 0.6 is 22.9 Å². The number of carbonyl (C=O) groups is 1. The van der Waals surface area contributed by atoms with Gasteiger partial charge in [0.1, 0.15) is 5.54 Å². The molecule has 16 heavy (non-hydrogen) atoms. The average Bonchev–Trinajstić information content (AvgIpc) is 2.76. The second-order valence-electron chi connectivity index (χ2n) is 4.31. The first kappa shape index (κ1) is 11.9. The molecule has 5 heteroatoms. The van der Waals surface area contributed by atoms with Crippen molar-refractivity contribution >= 4 is 28.9 Å². The van der Waals surface area contributed by atoms with E-state index in [-0.39, 0.29) is 0 Å². The predicted molar refractivity (Wildman–Crippen MR) is 65.0 cm³/mol. The fraction of sp³-hybridized carbons (Fsp3) is 0.545. The Balaban J connectivity index is 2.12. The number of nitrogens with zero attached hydrogens (tertiary/aromatic N) is 1. The molecule has 0 aromatic carbocycles. The maximum absolute atomic E-state index is 11.3. The summed E-state index contributed by atoms with van der Waals surface area (Å²) < 4.78 is 0.756. The molecule has 1 aromatic heterocycles. The quantitative estimate of drug-likeness (QED) is 0.908. The van der Waals surface area contributed by atoms with E-state index in [1.54, 1.807) is 6.92 Å². The van der Waals surface area contributed by atoms with Crippen LogP contribution in [0.25, 0.3) is 0 Å². The molecule has 1 N–H and O–H groups in total. The van der Waals surface area contributed by atoms with E-state index < -0.39 is 11.5 Å². The zero-order chi connectivity index (χ0) is 11.8. The monoisotopic (exact) mass is 259 g/mol. The van der Waals surface area contributed by atoms with E-state index in [0.717, 1.165) is 28.6 Å². The Kier molecular flexibility index (Phi) is 3.24. The van der Waals surface area contributed by atoms with E-state index in [0.29, 0.717) is 6.54 Å². The Hall–Kier alpha value is -0.580. The number of hydrogen-bond donors (Lipinski definition) is 1. The van der Waals surface area contributed by atoms with E-state index in [1.165, 1.54) is 11.3 Å². The van der Waals surface area contributed by atoms with Crippen molar-refractivity contribution in [2.24, 2.45) is 0 Å². The minimum Gasteiger partial charge on any atom is -0.480 e. The number of rotatable bonds is 3. The number of hydrogen-bond acceptors (Lipinski definition) is 3. The van der Waals surface area contributed by atoms with Gasteiger partial charge in [-0.25, -0.2) is 0 Å². The Morgan fingerprint density at radius 2 is 2.44 bits per heavy atom. The first-order chi connectivity index (χ1) is 7.52. The van der Waals surface area contributed by atoms with E-state index in [4.69, 9.17) is 11.6 Å². The summed E-state index contributed by atoms with van der Waals surface area (Å²) in [5.74, 6) is -0.729. The molecule has 1 fully saturated rings. The summed E-state index contributed by atoms with van der Waals surface area (Å²) in [6.45, 7) is 3.33. The highest BCUT2D eigenvalue weighted by molar-refractivity contribution is 7.16. The molecule has 0 spiro atoms. The van der Waals surface area contributed by atoms with Crippen molar-refractivity contribution in [2.45, 2.75) is 31.8 Å². The van der Waals surface area contributed by atoms with Crippen LogP contribution in [0.1, 0.15) is 24.6 Å². The van der Waals surface area contributed by atoms with Crippen molar-refractivity contribution in [2.75, 3.05) is 6.54 Å². The SMILES string of the molecule is CC1(C(=O)O)CCCN1Cc1ccc(Cl)s1. The number of thiophene rings is 1. The number of aliphatic carboxylic acids is 1. The molecule has 0 bridgehead atoms. The van der Waals surface area contributed by atoms with Gasteiger partial charge in [0, 0.05) is 11.4 Å². The number of carboxylic acid groups (broad SMARTS) is 1. The van der Waals surface area contributed by atoms with Crippen LogP contribution < -0.4 is 0 Å². The maximum atomic E-state index is 11.3. The van der Waals surface area contributed by atoms with Crippen molar-refractivity contribution < 1.29 is 9.90 Å². The van der Waals surface area contributed by atoms with E-state index in [2.05, 4.69) is 0 Å². The van der Waals surface area contributed by atoms with Crippen LogP contribution in [0.4, 0.5) is 0 Å². The van der Waals surface area contributed by atoms with Crippen molar-refractivity contribution in [3.8, 4) is 0 Å². The molecule has 1 unspecified atom stereocenters. The van der Waals surface area contributed by atoms with E-state index in [9.17, 15) is 9.90 Å². The van der Waals surface area contributed by atoms with Gasteiger partial charge in [-0.05, 0) is 38.4 Å². The molecule has 2 heterocycles. The first-order valence-electron chi connectivity index (χ1n) is 5.25. The summed E-state index contributed by atoms with van der Waals surface area (Å²) >= 11 is 7.38. The Labute approximate surface area is 104 Å². The fourth-order valence-electron chi connectivity index (χ4n) is 2.14. The molecule has 0 amide bonds.